The van der Waals surface area contributed by atoms with Crippen molar-refractivity contribution in [2.75, 3.05) is 31.1 Å². The van der Waals surface area contributed by atoms with Gasteiger partial charge in [-0.15, -0.1) is 0 Å². The molecule has 2 aliphatic heterocycles. The van der Waals surface area contributed by atoms with Crippen molar-refractivity contribution in [1.29, 1.82) is 0 Å². The number of nitrogens with one attached hydrogen (secondary N) is 1. The van der Waals surface area contributed by atoms with Crippen LogP contribution < -0.4 is 10.2 Å². The zero-order valence-corrected chi connectivity index (χ0v) is 18.7. The number of carboxylic acid groups (broad SMARTS) is 1. The lowest BCUT2D eigenvalue weighted by atomic mass is 10.0. The largest absolute Gasteiger partial charge is 0.508 e. The minimum Gasteiger partial charge on any atom is -0.508 e. The highest BCUT2D eigenvalue weighted by molar-refractivity contribution is 6.30. The first-order chi connectivity index (χ1) is 15.4. The lowest BCUT2D eigenvalue weighted by Crippen LogP contribution is -2.49. The SMILES string of the molecule is O=C(O)Cc1ccc(O)cc1N1CC(O)C(NC2CCN(Cc3ccc(Cl)cc3)CC2)C1. The van der Waals surface area contributed by atoms with Crippen LogP contribution in [0.4, 0.5) is 5.69 Å². The summed E-state index contributed by atoms with van der Waals surface area (Å²) in [5.74, 6) is -0.829. The fraction of sp³-hybridized carbons (Fsp3) is 0.458. The lowest BCUT2D eigenvalue weighted by molar-refractivity contribution is -0.136. The minimum absolute atomic E-state index is 0.0908. The van der Waals surface area contributed by atoms with E-state index in [1.54, 1.807) is 12.1 Å². The van der Waals surface area contributed by atoms with Crippen molar-refractivity contribution < 1.29 is 20.1 Å². The van der Waals surface area contributed by atoms with E-state index in [9.17, 15) is 20.1 Å². The molecule has 2 aromatic carbocycles. The second-order valence-corrected chi connectivity index (χ2v) is 9.24. The van der Waals surface area contributed by atoms with Crippen molar-refractivity contribution in [3.05, 3.63) is 58.6 Å². The van der Waals surface area contributed by atoms with Crippen LogP contribution in [0.5, 0.6) is 5.75 Å². The Hall–Kier alpha value is -2.32. The number of aliphatic carboxylic acids is 1. The quantitative estimate of drug-likeness (QED) is 0.505. The van der Waals surface area contributed by atoms with E-state index in [4.69, 9.17) is 11.6 Å². The first-order valence-electron chi connectivity index (χ1n) is 11.1. The summed E-state index contributed by atoms with van der Waals surface area (Å²) in [7, 11) is 0. The summed E-state index contributed by atoms with van der Waals surface area (Å²) in [6.07, 6.45) is 1.34. The molecule has 0 radical (unpaired) electrons. The number of piperidine rings is 1. The normalized spacial score (nSPS) is 22.4. The summed E-state index contributed by atoms with van der Waals surface area (Å²) in [6.45, 7) is 3.86. The molecule has 2 fully saturated rings. The molecular formula is C24H30ClN3O4. The molecule has 172 valence electrons. The van der Waals surface area contributed by atoms with Gasteiger partial charge in [-0.2, -0.15) is 0 Å². The molecule has 2 unspecified atom stereocenters. The predicted molar refractivity (Wildman–Crippen MR) is 124 cm³/mol. The average Bonchev–Trinajstić information content (AvgIpc) is 3.12. The number of halogens is 1. The van der Waals surface area contributed by atoms with Crippen LogP contribution in [-0.2, 0) is 17.8 Å². The molecule has 7 nitrogen and oxygen atoms in total. The molecule has 2 aromatic rings. The van der Waals surface area contributed by atoms with Gasteiger partial charge in [-0.25, -0.2) is 0 Å². The minimum atomic E-state index is -0.920. The monoisotopic (exact) mass is 459 g/mol. The first-order valence-corrected chi connectivity index (χ1v) is 11.4. The number of hydrogen-bond donors (Lipinski definition) is 4. The molecule has 2 saturated heterocycles. The summed E-state index contributed by atoms with van der Waals surface area (Å²) in [5, 5.41) is 34.1. The van der Waals surface area contributed by atoms with Crippen molar-refractivity contribution >= 4 is 23.3 Å². The first kappa shape index (κ1) is 22.9. The highest BCUT2D eigenvalue weighted by Crippen LogP contribution is 2.30. The molecule has 4 rings (SSSR count). The third-order valence-corrected chi connectivity index (χ3v) is 6.65. The number of likely N-dealkylation sites (tertiary alicyclic amines) is 1. The summed E-state index contributed by atoms with van der Waals surface area (Å²) < 4.78 is 0. The number of rotatable bonds is 7. The van der Waals surface area contributed by atoms with Crippen molar-refractivity contribution in [3.8, 4) is 5.75 Å². The summed E-state index contributed by atoms with van der Waals surface area (Å²) in [6, 6.07) is 12.9. The van der Waals surface area contributed by atoms with Gasteiger partial charge in [0.2, 0.25) is 0 Å². The maximum absolute atomic E-state index is 11.2. The number of aliphatic hydroxyl groups excluding tert-OH is 1. The number of carboxylic acids is 1. The maximum Gasteiger partial charge on any atom is 0.307 e. The fourth-order valence-corrected chi connectivity index (χ4v) is 4.84. The van der Waals surface area contributed by atoms with Crippen LogP contribution in [0.3, 0.4) is 0 Å². The van der Waals surface area contributed by atoms with Gasteiger partial charge in [0, 0.05) is 42.5 Å². The topological polar surface area (TPSA) is 96.3 Å². The van der Waals surface area contributed by atoms with Crippen molar-refractivity contribution in [2.45, 2.75) is 44.0 Å². The maximum atomic E-state index is 11.2. The number of phenols is 1. The Bertz CT molecular complexity index is 931. The standard InChI is InChI=1S/C24H30ClN3O4/c25-18-4-1-16(2-5-18)13-27-9-7-19(8-10-27)26-21-14-28(15-23(21)30)22-12-20(29)6-3-17(22)11-24(31)32/h1-6,12,19,21,23,26,29-30H,7-11,13-15H2,(H,31,32). The number of aliphatic hydroxyl groups is 1. The number of nitrogens with zero attached hydrogens (tertiary/aromatic N) is 2. The van der Waals surface area contributed by atoms with Gasteiger partial charge in [0.25, 0.3) is 0 Å². The Kier molecular flexibility index (Phi) is 7.20. The van der Waals surface area contributed by atoms with Gasteiger partial charge in [-0.1, -0.05) is 29.8 Å². The van der Waals surface area contributed by atoms with Crippen LogP contribution in [0.25, 0.3) is 0 Å². The molecule has 2 aliphatic rings. The van der Waals surface area contributed by atoms with Gasteiger partial charge in [0.1, 0.15) is 5.75 Å². The molecule has 0 bridgehead atoms. The highest BCUT2D eigenvalue weighted by atomic mass is 35.5. The zero-order chi connectivity index (χ0) is 22.7. The number of aromatic hydroxyl groups is 1. The summed E-state index contributed by atoms with van der Waals surface area (Å²) in [5.41, 5.74) is 2.57. The van der Waals surface area contributed by atoms with E-state index >= 15 is 0 Å². The molecule has 4 N–H and O–H groups in total. The van der Waals surface area contributed by atoms with Crippen LogP contribution in [-0.4, -0.2) is 70.6 Å². The van der Waals surface area contributed by atoms with E-state index in [1.165, 1.54) is 11.6 Å². The van der Waals surface area contributed by atoms with Crippen LogP contribution in [0.15, 0.2) is 42.5 Å². The van der Waals surface area contributed by atoms with Crippen LogP contribution >= 0.6 is 11.6 Å². The van der Waals surface area contributed by atoms with E-state index in [2.05, 4.69) is 22.3 Å². The van der Waals surface area contributed by atoms with Crippen molar-refractivity contribution in [1.82, 2.24) is 10.2 Å². The van der Waals surface area contributed by atoms with Crippen LogP contribution in [0.1, 0.15) is 24.0 Å². The van der Waals surface area contributed by atoms with Crippen LogP contribution in [0, 0.1) is 0 Å². The fourth-order valence-electron chi connectivity index (χ4n) is 4.71. The van der Waals surface area contributed by atoms with Gasteiger partial charge in [0.15, 0.2) is 0 Å². The molecule has 0 saturated carbocycles. The van der Waals surface area contributed by atoms with E-state index in [0.717, 1.165) is 37.5 Å². The van der Waals surface area contributed by atoms with E-state index in [-0.39, 0.29) is 18.2 Å². The van der Waals surface area contributed by atoms with Gasteiger partial charge >= 0.3 is 5.97 Å². The molecule has 0 amide bonds. The predicted octanol–water partition coefficient (Wildman–Crippen LogP) is 2.48. The molecule has 0 aromatic heterocycles. The van der Waals surface area contributed by atoms with Gasteiger partial charge in [0.05, 0.1) is 18.6 Å². The van der Waals surface area contributed by atoms with Gasteiger partial charge < -0.3 is 25.5 Å². The second kappa shape index (κ2) is 10.1. The Morgan fingerprint density at radius 3 is 2.50 bits per heavy atom. The number of carbonyl (C=O) groups is 1. The molecule has 0 spiro atoms. The van der Waals surface area contributed by atoms with Gasteiger partial charge in [-0.3, -0.25) is 9.69 Å². The number of phenolic OH excluding ortho intramolecular Hbond substituents is 1. The molecule has 32 heavy (non-hydrogen) atoms. The number of β-amino-alcohol motifs (C(OH)–C–C–N with tert-alkyl or cyclic N) is 1. The van der Waals surface area contributed by atoms with Gasteiger partial charge in [-0.05, 0) is 55.3 Å². The van der Waals surface area contributed by atoms with Crippen molar-refractivity contribution in [2.24, 2.45) is 0 Å². The Morgan fingerprint density at radius 1 is 1.09 bits per heavy atom. The molecule has 2 atom stereocenters. The number of benzene rings is 2. The molecular weight excluding hydrogens is 430 g/mol. The molecule has 0 aliphatic carbocycles. The third kappa shape index (κ3) is 5.72. The van der Waals surface area contributed by atoms with E-state index < -0.39 is 12.1 Å². The van der Waals surface area contributed by atoms with Crippen LogP contribution in [0.2, 0.25) is 5.02 Å². The summed E-state index contributed by atoms with van der Waals surface area (Å²) >= 11 is 5.97. The smallest absolute Gasteiger partial charge is 0.307 e. The van der Waals surface area contributed by atoms with Crippen molar-refractivity contribution in [3.63, 3.8) is 0 Å². The zero-order valence-electron chi connectivity index (χ0n) is 18.0. The second-order valence-electron chi connectivity index (χ2n) is 8.81. The van der Waals surface area contributed by atoms with E-state index in [1.807, 2.05) is 17.0 Å². The Balaban J connectivity index is 1.31. The van der Waals surface area contributed by atoms with E-state index in [0.29, 0.717) is 30.4 Å². The Labute approximate surface area is 193 Å². The molecule has 2 heterocycles. The average molecular weight is 460 g/mol. The Morgan fingerprint density at radius 2 is 1.81 bits per heavy atom. The molecule has 8 heteroatoms. The number of hydrogen-bond acceptors (Lipinski definition) is 6. The third-order valence-electron chi connectivity index (χ3n) is 6.40. The number of anilines is 1. The lowest BCUT2D eigenvalue weighted by Gasteiger charge is -2.34. The highest BCUT2D eigenvalue weighted by Gasteiger charge is 2.34. The summed E-state index contributed by atoms with van der Waals surface area (Å²) in [4.78, 5) is 15.6.